The lowest BCUT2D eigenvalue weighted by molar-refractivity contribution is 0.280. The molecule has 0 aromatic heterocycles. The predicted octanol–water partition coefficient (Wildman–Crippen LogP) is 3.58. The third kappa shape index (κ3) is 7.06. The third-order valence-corrected chi connectivity index (χ3v) is 2.71. The van der Waals surface area contributed by atoms with E-state index in [4.69, 9.17) is 5.73 Å². The summed E-state index contributed by atoms with van der Waals surface area (Å²) in [7, 11) is 0. The van der Waals surface area contributed by atoms with E-state index in [1.807, 2.05) is 0 Å². The van der Waals surface area contributed by atoms with E-state index in [1.54, 1.807) is 0 Å². The zero-order valence-electron chi connectivity index (χ0n) is 9.68. The van der Waals surface area contributed by atoms with Crippen LogP contribution in [0.4, 0.5) is 0 Å². The fourth-order valence-corrected chi connectivity index (χ4v) is 1.85. The number of nitrogens with two attached hydrogens (primary N) is 1. The zero-order valence-corrected chi connectivity index (χ0v) is 9.68. The van der Waals surface area contributed by atoms with E-state index >= 15 is 0 Å². The molecule has 80 valence electrons. The second-order valence-electron chi connectivity index (χ2n) is 4.41. The fourth-order valence-electron chi connectivity index (χ4n) is 1.85. The molecule has 1 rings (SSSR count). The minimum atomic E-state index is 0.888. The van der Waals surface area contributed by atoms with Crippen LogP contribution < -0.4 is 5.73 Å². The van der Waals surface area contributed by atoms with E-state index in [-0.39, 0.29) is 0 Å². The Kier molecular flexibility index (Phi) is 8.53. The van der Waals surface area contributed by atoms with Crippen molar-refractivity contribution in [3.63, 3.8) is 0 Å². The number of hydrogen-bond donors (Lipinski definition) is 1. The summed E-state index contributed by atoms with van der Waals surface area (Å²) in [5, 5.41) is 0. The van der Waals surface area contributed by atoms with E-state index in [2.05, 4.69) is 20.8 Å². The molecule has 0 aromatic carbocycles. The van der Waals surface area contributed by atoms with Gasteiger partial charge in [0.15, 0.2) is 0 Å². The molecule has 1 saturated carbocycles. The van der Waals surface area contributed by atoms with Gasteiger partial charge in [0, 0.05) is 0 Å². The molecule has 0 unspecified atom stereocenters. The highest BCUT2D eigenvalue weighted by Gasteiger charge is 2.16. The quantitative estimate of drug-likeness (QED) is 0.699. The molecule has 0 aromatic rings. The van der Waals surface area contributed by atoms with Gasteiger partial charge in [0.05, 0.1) is 0 Å². The first kappa shape index (κ1) is 13.0. The monoisotopic (exact) mass is 185 g/mol. The molecule has 1 fully saturated rings. The normalized spacial score (nSPS) is 27.7. The van der Waals surface area contributed by atoms with Crippen molar-refractivity contribution in [3.8, 4) is 0 Å². The Morgan fingerprint density at radius 1 is 1.08 bits per heavy atom. The summed E-state index contributed by atoms with van der Waals surface area (Å²) in [4.78, 5) is 0. The standard InChI is InChI=1S/C9H19N.C3H8/c1-8-2-4-9(5-3-8)6-7-10;1-3-2/h8-9H,2-7,10H2,1H3;3H2,1-2H3. The SMILES string of the molecule is CC1CCC(CCN)CC1.CCC. The Labute approximate surface area is 84.1 Å². The molecule has 1 heteroatoms. The topological polar surface area (TPSA) is 26.0 Å². The largest absolute Gasteiger partial charge is 0.330 e. The van der Waals surface area contributed by atoms with Crippen LogP contribution in [0.15, 0.2) is 0 Å². The summed E-state index contributed by atoms with van der Waals surface area (Å²) >= 11 is 0. The Bertz CT molecular complexity index is 93.3. The van der Waals surface area contributed by atoms with E-state index in [0.717, 1.165) is 18.4 Å². The molecule has 1 nitrogen and oxygen atoms in total. The predicted molar refractivity (Wildman–Crippen MR) is 60.8 cm³/mol. The lowest BCUT2D eigenvalue weighted by Gasteiger charge is -2.25. The number of rotatable bonds is 2. The highest BCUT2D eigenvalue weighted by molar-refractivity contribution is 4.69. The fraction of sp³-hybridized carbons (Fsp3) is 1.00. The van der Waals surface area contributed by atoms with Crippen molar-refractivity contribution in [3.05, 3.63) is 0 Å². The summed E-state index contributed by atoms with van der Waals surface area (Å²) in [6.45, 7) is 7.50. The van der Waals surface area contributed by atoms with Crippen LogP contribution in [-0.2, 0) is 0 Å². The minimum Gasteiger partial charge on any atom is -0.330 e. The summed E-state index contributed by atoms with van der Waals surface area (Å²) in [6.07, 6.45) is 8.23. The van der Waals surface area contributed by atoms with Gasteiger partial charge in [-0.25, -0.2) is 0 Å². The molecule has 0 aliphatic heterocycles. The van der Waals surface area contributed by atoms with Crippen molar-refractivity contribution in [2.75, 3.05) is 6.54 Å². The van der Waals surface area contributed by atoms with E-state index in [1.165, 1.54) is 38.5 Å². The molecule has 0 saturated heterocycles. The van der Waals surface area contributed by atoms with Crippen molar-refractivity contribution >= 4 is 0 Å². The van der Waals surface area contributed by atoms with Gasteiger partial charge in [-0.2, -0.15) is 0 Å². The Hall–Kier alpha value is -0.0400. The molecule has 0 heterocycles. The molecule has 13 heavy (non-hydrogen) atoms. The van der Waals surface area contributed by atoms with Gasteiger partial charge < -0.3 is 5.73 Å². The van der Waals surface area contributed by atoms with Crippen molar-refractivity contribution in [1.29, 1.82) is 0 Å². The van der Waals surface area contributed by atoms with Gasteiger partial charge in [-0.05, 0) is 24.8 Å². The van der Waals surface area contributed by atoms with Crippen LogP contribution in [0.1, 0.15) is 59.3 Å². The average Bonchev–Trinajstić information content (AvgIpc) is 2.11. The summed E-state index contributed by atoms with van der Waals surface area (Å²) < 4.78 is 0. The molecule has 0 amide bonds. The van der Waals surface area contributed by atoms with Gasteiger partial charge >= 0.3 is 0 Å². The minimum absolute atomic E-state index is 0.888. The molecule has 0 radical (unpaired) electrons. The van der Waals surface area contributed by atoms with Crippen LogP contribution in [0, 0.1) is 11.8 Å². The van der Waals surface area contributed by atoms with Crippen LogP contribution in [0.2, 0.25) is 0 Å². The summed E-state index contributed by atoms with van der Waals surface area (Å²) in [6, 6.07) is 0. The van der Waals surface area contributed by atoms with E-state index in [0.29, 0.717) is 0 Å². The van der Waals surface area contributed by atoms with Crippen molar-refractivity contribution < 1.29 is 0 Å². The van der Waals surface area contributed by atoms with Gasteiger partial charge in [-0.15, -0.1) is 0 Å². The van der Waals surface area contributed by atoms with E-state index < -0.39 is 0 Å². The molecule has 0 spiro atoms. The van der Waals surface area contributed by atoms with Crippen LogP contribution in [0.3, 0.4) is 0 Å². The first-order valence-electron chi connectivity index (χ1n) is 5.94. The van der Waals surface area contributed by atoms with Gasteiger partial charge in [-0.1, -0.05) is 52.9 Å². The number of hydrogen-bond acceptors (Lipinski definition) is 1. The van der Waals surface area contributed by atoms with Gasteiger partial charge in [0.1, 0.15) is 0 Å². The van der Waals surface area contributed by atoms with Gasteiger partial charge in [-0.3, -0.25) is 0 Å². The lowest BCUT2D eigenvalue weighted by Crippen LogP contribution is -2.15. The molecular formula is C12H27N. The van der Waals surface area contributed by atoms with Crippen molar-refractivity contribution in [1.82, 2.24) is 0 Å². The Balaban J connectivity index is 0.000000424. The summed E-state index contributed by atoms with van der Waals surface area (Å²) in [5.74, 6) is 1.94. The first-order valence-corrected chi connectivity index (χ1v) is 5.94. The maximum Gasteiger partial charge on any atom is -0.00746 e. The highest BCUT2D eigenvalue weighted by Crippen LogP contribution is 2.29. The van der Waals surface area contributed by atoms with Gasteiger partial charge in [0.25, 0.3) is 0 Å². The average molecular weight is 185 g/mol. The molecule has 0 bridgehead atoms. The molecule has 2 N–H and O–H groups in total. The van der Waals surface area contributed by atoms with Crippen LogP contribution >= 0.6 is 0 Å². The van der Waals surface area contributed by atoms with Crippen molar-refractivity contribution in [2.24, 2.45) is 17.6 Å². The third-order valence-electron chi connectivity index (χ3n) is 2.71. The Morgan fingerprint density at radius 3 is 1.92 bits per heavy atom. The smallest absolute Gasteiger partial charge is 0.00746 e. The first-order chi connectivity index (χ1) is 6.24. The highest BCUT2D eigenvalue weighted by atomic mass is 14.5. The maximum absolute atomic E-state index is 5.49. The van der Waals surface area contributed by atoms with Crippen LogP contribution in [-0.4, -0.2) is 6.54 Å². The zero-order chi connectivity index (χ0) is 10.1. The van der Waals surface area contributed by atoms with E-state index in [9.17, 15) is 0 Å². The second-order valence-corrected chi connectivity index (χ2v) is 4.41. The van der Waals surface area contributed by atoms with Crippen molar-refractivity contribution in [2.45, 2.75) is 59.3 Å². The lowest BCUT2D eigenvalue weighted by atomic mass is 9.81. The van der Waals surface area contributed by atoms with Crippen LogP contribution in [0.5, 0.6) is 0 Å². The molecule has 1 aliphatic rings. The molecule has 1 aliphatic carbocycles. The van der Waals surface area contributed by atoms with Crippen LogP contribution in [0.25, 0.3) is 0 Å². The second kappa shape index (κ2) is 8.55. The summed E-state index contributed by atoms with van der Waals surface area (Å²) in [5.41, 5.74) is 5.49. The molecular weight excluding hydrogens is 158 g/mol. The Morgan fingerprint density at radius 2 is 1.54 bits per heavy atom. The van der Waals surface area contributed by atoms with Gasteiger partial charge in [0.2, 0.25) is 0 Å². The maximum atomic E-state index is 5.49. The molecule has 0 atom stereocenters.